The zero-order valence-electron chi connectivity index (χ0n) is 12.0. The van der Waals surface area contributed by atoms with Crippen LogP contribution in [0.15, 0.2) is 54.7 Å². The van der Waals surface area contributed by atoms with Crippen molar-refractivity contribution in [2.24, 2.45) is 0 Å². The van der Waals surface area contributed by atoms with Gasteiger partial charge in [0, 0.05) is 18.8 Å². The number of pyridine rings is 1. The number of hydrogen-bond acceptors (Lipinski definition) is 3. The van der Waals surface area contributed by atoms with Gasteiger partial charge in [-0.15, -0.1) is 0 Å². The topological polar surface area (TPSA) is 51.2 Å². The van der Waals surface area contributed by atoms with Gasteiger partial charge in [-0.25, -0.2) is 4.39 Å². The summed E-state index contributed by atoms with van der Waals surface area (Å²) in [5, 5.41) is 2.73. The highest BCUT2D eigenvalue weighted by Gasteiger charge is 2.01. The fourth-order valence-electron chi connectivity index (χ4n) is 1.72. The first-order valence-corrected chi connectivity index (χ1v) is 7.00. The third-order valence-electron chi connectivity index (χ3n) is 2.81. The Bertz CT molecular complexity index is 630. The SMILES string of the molecule is O=C(C=Cc1ccccn1)NCCCOc1ccccc1F. The van der Waals surface area contributed by atoms with E-state index in [1.165, 1.54) is 12.1 Å². The Morgan fingerprint density at radius 2 is 2.05 bits per heavy atom. The minimum atomic E-state index is -0.384. The summed E-state index contributed by atoms with van der Waals surface area (Å²) in [6, 6.07) is 11.7. The fraction of sp³-hybridized carbons (Fsp3) is 0.176. The van der Waals surface area contributed by atoms with Crippen LogP contribution in [0.1, 0.15) is 12.1 Å². The van der Waals surface area contributed by atoms with Crippen LogP contribution in [-0.2, 0) is 4.79 Å². The van der Waals surface area contributed by atoms with E-state index in [-0.39, 0.29) is 17.5 Å². The molecule has 1 aromatic heterocycles. The van der Waals surface area contributed by atoms with Crippen LogP contribution in [0.3, 0.4) is 0 Å². The number of aromatic nitrogens is 1. The third kappa shape index (κ3) is 5.36. The number of halogens is 1. The molecular formula is C17H17FN2O2. The Morgan fingerprint density at radius 3 is 2.82 bits per heavy atom. The predicted octanol–water partition coefficient (Wildman–Crippen LogP) is 2.82. The largest absolute Gasteiger partial charge is 0.490 e. The molecule has 22 heavy (non-hydrogen) atoms. The number of ether oxygens (including phenoxy) is 1. The van der Waals surface area contributed by atoms with Crippen LogP contribution in [0, 0.1) is 5.82 Å². The molecule has 1 N–H and O–H groups in total. The molecule has 5 heteroatoms. The van der Waals surface area contributed by atoms with Crippen LogP contribution < -0.4 is 10.1 Å². The highest BCUT2D eigenvalue weighted by atomic mass is 19.1. The van der Waals surface area contributed by atoms with Gasteiger partial charge in [0.15, 0.2) is 11.6 Å². The molecule has 0 saturated carbocycles. The van der Waals surface area contributed by atoms with Gasteiger partial charge in [0.1, 0.15) is 0 Å². The number of amides is 1. The van der Waals surface area contributed by atoms with Crippen molar-refractivity contribution >= 4 is 12.0 Å². The van der Waals surface area contributed by atoms with Gasteiger partial charge in [-0.05, 0) is 36.8 Å². The second-order valence-corrected chi connectivity index (χ2v) is 4.51. The Hall–Kier alpha value is -2.69. The lowest BCUT2D eigenvalue weighted by atomic mass is 10.3. The monoisotopic (exact) mass is 300 g/mol. The lowest BCUT2D eigenvalue weighted by molar-refractivity contribution is -0.116. The van der Waals surface area contributed by atoms with E-state index in [0.29, 0.717) is 19.6 Å². The van der Waals surface area contributed by atoms with Crippen molar-refractivity contribution in [2.45, 2.75) is 6.42 Å². The molecule has 1 heterocycles. The summed E-state index contributed by atoms with van der Waals surface area (Å²) >= 11 is 0. The van der Waals surface area contributed by atoms with Crippen molar-refractivity contribution in [1.82, 2.24) is 10.3 Å². The Morgan fingerprint density at radius 1 is 1.23 bits per heavy atom. The highest BCUT2D eigenvalue weighted by molar-refractivity contribution is 5.91. The number of nitrogens with one attached hydrogen (secondary N) is 1. The normalized spacial score (nSPS) is 10.6. The molecule has 0 bridgehead atoms. The molecule has 0 spiro atoms. The average Bonchev–Trinajstić information content (AvgIpc) is 2.55. The van der Waals surface area contributed by atoms with Crippen molar-refractivity contribution < 1.29 is 13.9 Å². The molecule has 0 aliphatic heterocycles. The first-order chi connectivity index (χ1) is 10.8. The number of benzene rings is 1. The second-order valence-electron chi connectivity index (χ2n) is 4.51. The number of hydrogen-bond donors (Lipinski definition) is 1. The molecule has 1 aromatic carbocycles. The van der Waals surface area contributed by atoms with E-state index in [0.717, 1.165) is 5.69 Å². The lowest BCUT2D eigenvalue weighted by Crippen LogP contribution is -2.23. The minimum Gasteiger partial charge on any atom is -0.490 e. The molecule has 0 saturated heterocycles. The maximum atomic E-state index is 13.3. The van der Waals surface area contributed by atoms with Gasteiger partial charge >= 0.3 is 0 Å². The molecule has 0 radical (unpaired) electrons. The number of carbonyl (C=O) groups excluding carboxylic acids is 1. The first kappa shape index (κ1) is 15.7. The maximum absolute atomic E-state index is 13.3. The van der Waals surface area contributed by atoms with Crippen LogP contribution >= 0.6 is 0 Å². The summed E-state index contributed by atoms with van der Waals surface area (Å²) in [5.74, 6) is -0.356. The Balaban J connectivity index is 1.63. The molecule has 0 atom stereocenters. The second kappa shape index (κ2) is 8.56. The van der Waals surface area contributed by atoms with Crippen LogP contribution in [0.25, 0.3) is 6.08 Å². The molecular weight excluding hydrogens is 283 g/mol. The van der Waals surface area contributed by atoms with Gasteiger partial charge in [0.2, 0.25) is 5.91 Å². The standard InChI is InChI=1S/C17H17FN2O2/c18-15-7-1-2-8-16(15)22-13-5-12-20-17(21)10-9-14-6-3-4-11-19-14/h1-4,6-11H,5,12-13H2,(H,20,21). The fourth-order valence-corrected chi connectivity index (χ4v) is 1.72. The van der Waals surface area contributed by atoms with Crippen molar-refractivity contribution in [2.75, 3.05) is 13.2 Å². The smallest absolute Gasteiger partial charge is 0.244 e. The van der Waals surface area contributed by atoms with E-state index < -0.39 is 0 Å². The van der Waals surface area contributed by atoms with Crippen molar-refractivity contribution in [1.29, 1.82) is 0 Å². The summed E-state index contributed by atoms with van der Waals surface area (Å²) in [4.78, 5) is 15.7. The first-order valence-electron chi connectivity index (χ1n) is 7.00. The number of nitrogens with zero attached hydrogens (tertiary/aromatic N) is 1. The van der Waals surface area contributed by atoms with Gasteiger partial charge in [-0.1, -0.05) is 18.2 Å². The number of rotatable bonds is 7. The van der Waals surface area contributed by atoms with E-state index in [2.05, 4.69) is 10.3 Å². The average molecular weight is 300 g/mol. The van der Waals surface area contributed by atoms with Gasteiger partial charge < -0.3 is 10.1 Å². The van der Waals surface area contributed by atoms with E-state index in [4.69, 9.17) is 4.74 Å². The van der Waals surface area contributed by atoms with Crippen LogP contribution in [0.4, 0.5) is 4.39 Å². The molecule has 114 valence electrons. The van der Waals surface area contributed by atoms with E-state index in [1.807, 2.05) is 18.2 Å². The van der Waals surface area contributed by atoms with Gasteiger partial charge in [0.05, 0.1) is 12.3 Å². The van der Waals surface area contributed by atoms with E-state index in [1.54, 1.807) is 30.5 Å². The molecule has 0 aliphatic carbocycles. The van der Waals surface area contributed by atoms with E-state index >= 15 is 0 Å². The van der Waals surface area contributed by atoms with Gasteiger partial charge in [-0.2, -0.15) is 0 Å². The lowest BCUT2D eigenvalue weighted by Gasteiger charge is -2.07. The van der Waals surface area contributed by atoms with Crippen LogP contribution in [0.5, 0.6) is 5.75 Å². The molecule has 2 rings (SSSR count). The van der Waals surface area contributed by atoms with Gasteiger partial charge in [-0.3, -0.25) is 9.78 Å². The summed E-state index contributed by atoms with van der Waals surface area (Å²) < 4.78 is 18.6. The molecule has 0 unspecified atom stereocenters. The minimum absolute atomic E-state index is 0.198. The molecule has 0 aliphatic rings. The third-order valence-corrected chi connectivity index (χ3v) is 2.81. The molecule has 1 amide bonds. The summed E-state index contributed by atoms with van der Waals surface area (Å²) in [6.45, 7) is 0.797. The van der Waals surface area contributed by atoms with Crippen LogP contribution in [-0.4, -0.2) is 24.0 Å². The van der Waals surface area contributed by atoms with Gasteiger partial charge in [0.25, 0.3) is 0 Å². The van der Waals surface area contributed by atoms with Crippen LogP contribution in [0.2, 0.25) is 0 Å². The number of carbonyl (C=O) groups is 1. The molecule has 4 nitrogen and oxygen atoms in total. The molecule has 0 fully saturated rings. The summed E-state index contributed by atoms with van der Waals surface area (Å²) in [6.07, 6.45) is 5.33. The molecule has 2 aromatic rings. The summed E-state index contributed by atoms with van der Waals surface area (Å²) in [5.41, 5.74) is 0.723. The highest BCUT2D eigenvalue weighted by Crippen LogP contribution is 2.15. The van der Waals surface area contributed by atoms with Crippen molar-refractivity contribution in [3.8, 4) is 5.75 Å². The maximum Gasteiger partial charge on any atom is 0.244 e. The van der Waals surface area contributed by atoms with Crippen molar-refractivity contribution in [3.05, 3.63) is 66.2 Å². The number of para-hydroxylation sites is 1. The zero-order chi connectivity index (χ0) is 15.6. The zero-order valence-corrected chi connectivity index (χ0v) is 12.0. The predicted molar refractivity (Wildman–Crippen MR) is 82.8 cm³/mol. The Labute approximate surface area is 128 Å². The van der Waals surface area contributed by atoms with Crippen molar-refractivity contribution in [3.63, 3.8) is 0 Å². The van der Waals surface area contributed by atoms with E-state index in [9.17, 15) is 9.18 Å². The summed E-state index contributed by atoms with van der Waals surface area (Å²) in [7, 11) is 0. The quantitative estimate of drug-likeness (QED) is 0.632. The Kier molecular flexibility index (Phi) is 6.11.